The summed E-state index contributed by atoms with van der Waals surface area (Å²) in [6.45, 7) is 6.20. The molecule has 1 amide bonds. The van der Waals surface area contributed by atoms with Crippen molar-refractivity contribution in [2.45, 2.75) is 90.5 Å². The lowest BCUT2D eigenvalue weighted by Crippen LogP contribution is -2.50. The van der Waals surface area contributed by atoms with E-state index in [1.54, 1.807) is 28.8 Å². The third kappa shape index (κ3) is 8.42. The molecule has 0 fully saturated rings. The predicted octanol–water partition coefficient (Wildman–Crippen LogP) is 9.21. The molecule has 48 heavy (non-hydrogen) atoms. The Labute approximate surface area is 285 Å². The molecule has 12 heteroatoms. The molecule has 0 saturated carbocycles. The number of aromatic nitrogens is 3. The number of aliphatic carboxylic acids is 1. The van der Waals surface area contributed by atoms with Gasteiger partial charge in [0.25, 0.3) is 5.91 Å². The number of hydrogen-bond donors (Lipinski definition) is 3. The van der Waals surface area contributed by atoms with Crippen LogP contribution in [0.1, 0.15) is 95.3 Å². The third-order valence-corrected chi connectivity index (χ3v) is 9.05. The average molecular weight is 684 g/mol. The molecule has 3 N–H and O–H groups in total. The number of hydrogen-bond acceptors (Lipinski definition) is 6. The number of nitrogens with zero attached hydrogens (tertiary/aromatic N) is 3. The van der Waals surface area contributed by atoms with Crippen molar-refractivity contribution in [1.82, 2.24) is 19.7 Å². The summed E-state index contributed by atoms with van der Waals surface area (Å²) >= 11 is 6.69. The SMILES string of the molecule is CCCCC(CC(CCCC)(CCCC)NC(=O)c1ccc(Nc2nccn3c(-c4ccc(OC)c(F)c4F)cnc23)cc1Cl)C(=O)O. The number of ether oxygens (including phenoxy) is 1. The van der Waals surface area contributed by atoms with E-state index in [2.05, 4.69) is 34.4 Å². The molecule has 258 valence electrons. The van der Waals surface area contributed by atoms with E-state index in [-0.39, 0.29) is 27.8 Å². The van der Waals surface area contributed by atoms with Gasteiger partial charge in [-0.3, -0.25) is 14.0 Å². The number of fused-ring (bicyclic) bond motifs is 1. The molecule has 1 unspecified atom stereocenters. The number of carbonyl (C=O) groups is 2. The van der Waals surface area contributed by atoms with Crippen LogP contribution in [0.15, 0.2) is 48.9 Å². The number of carboxylic acids is 1. The molecule has 0 aliphatic carbocycles. The quantitative estimate of drug-likeness (QED) is 0.0957. The molecule has 2 aromatic heterocycles. The third-order valence-electron chi connectivity index (χ3n) is 8.74. The minimum atomic E-state index is -1.10. The second-order valence-electron chi connectivity index (χ2n) is 12.2. The van der Waals surface area contributed by atoms with Crippen LogP contribution in [0.5, 0.6) is 5.75 Å². The highest BCUT2D eigenvalue weighted by Gasteiger charge is 2.36. The lowest BCUT2D eigenvalue weighted by atomic mass is 9.77. The number of nitrogens with one attached hydrogen (secondary N) is 2. The van der Waals surface area contributed by atoms with E-state index in [0.717, 1.165) is 38.5 Å². The fourth-order valence-electron chi connectivity index (χ4n) is 6.09. The maximum atomic E-state index is 14.9. The summed E-state index contributed by atoms with van der Waals surface area (Å²) < 4.78 is 35.8. The van der Waals surface area contributed by atoms with Crippen LogP contribution in [-0.4, -0.2) is 44.0 Å². The Morgan fingerprint density at radius 3 is 2.35 bits per heavy atom. The fraction of sp³-hybridized carbons (Fsp3) is 0.444. The van der Waals surface area contributed by atoms with E-state index >= 15 is 0 Å². The van der Waals surface area contributed by atoms with Crippen molar-refractivity contribution < 1.29 is 28.2 Å². The van der Waals surface area contributed by atoms with Gasteiger partial charge < -0.3 is 20.5 Å². The number of amides is 1. The molecule has 0 saturated heterocycles. The van der Waals surface area contributed by atoms with Crippen LogP contribution in [0.25, 0.3) is 16.9 Å². The maximum Gasteiger partial charge on any atom is 0.306 e. The number of unbranched alkanes of at least 4 members (excludes halogenated alkanes) is 3. The highest BCUT2D eigenvalue weighted by molar-refractivity contribution is 6.34. The van der Waals surface area contributed by atoms with Gasteiger partial charge in [-0.1, -0.05) is 70.9 Å². The van der Waals surface area contributed by atoms with Crippen molar-refractivity contribution in [1.29, 1.82) is 0 Å². The monoisotopic (exact) mass is 683 g/mol. The minimum absolute atomic E-state index is 0.00495. The Morgan fingerprint density at radius 2 is 1.73 bits per heavy atom. The molecule has 0 bridgehead atoms. The van der Waals surface area contributed by atoms with Gasteiger partial charge >= 0.3 is 5.97 Å². The second-order valence-corrected chi connectivity index (χ2v) is 12.6. The Hall–Kier alpha value is -4.25. The molecular weight excluding hydrogens is 640 g/mol. The van der Waals surface area contributed by atoms with Crippen LogP contribution in [0.2, 0.25) is 5.02 Å². The molecule has 2 aromatic carbocycles. The molecule has 0 aliphatic rings. The molecular formula is C36H44ClF2N5O4. The molecule has 9 nitrogen and oxygen atoms in total. The largest absolute Gasteiger partial charge is 0.494 e. The lowest BCUT2D eigenvalue weighted by Gasteiger charge is -2.37. The first-order valence-electron chi connectivity index (χ1n) is 16.5. The predicted molar refractivity (Wildman–Crippen MR) is 184 cm³/mol. The van der Waals surface area contributed by atoms with Crippen molar-refractivity contribution in [3.8, 4) is 17.0 Å². The number of benzene rings is 2. The van der Waals surface area contributed by atoms with Gasteiger partial charge in [-0.15, -0.1) is 0 Å². The Morgan fingerprint density at radius 1 is 1.02 bits per heavy atom. The molecule has 0 radical (unpaired) electrons. The molecule has 2 heterocycles. The number of halogens is 3. The van der Waals surface area contributed by atoms with Crippen LogP contribution in [0.4, 0.5) is 20.3 Å². The average Bonchev–Trinajstić information content (AvgIpc) is 3.50. The van der Waals surface area contributed by atoms with Gasteiger partial charge in [0.1, 0.15) is 0 Å². The Balaban J connectivity index is 1.60. The Kier molecular flexibility index (Phi) is 12.7. The Bertz CT molecular complexity index is 1720. The van der Waals surface area contributed by atoms with Crippen molar-refractivity contribution in [3.63, 3.8) is 0 Å². The second kappa shape index (κ2) is 16.7. The minimum Gasteiger partial charge on any atom is -0.494 e. The van der Waals surface area contributed by atoms with Gasteiger partial charge in [0.05, 0.1) is 35.5 Å². The van der Waals surface area contributed by atoms with Crippen LogP contribution < -0.4 is 15.4 Å². The van der Waals surface area contributed by atoms with E-state index in [1.165, 1.54) is 31.6 Å². The summed E-state index contributed by atoms with van der Waals surface area (Å²) in [6.07, 6.45) is 12.0. The van der Waals surface area contributed by atoms with Crippen LogP contribution in [-0.2, 0) is 4.79 Å². The van der Waals surface area contributed by atoms with Crippen molar-refractivity contribution in [2.75, 3.05) is 12.4 Å². The first-order chi connectivity index (χ1) is 23.1. The summed E-state index contributed by atoms with van der Waals surface area (Å²) in [4.78, 5) is 34.8. The van der Waals surface area contributed by atoms with Crippen molar-refractivity contribution in [3.05, 3.63) is 71.1 Å². The number of imidazole rings is 1. The maximum absolute atomic E-state index is 14.9. The van der Waals surface area contributed by atoms with E-state index in [1.807, 2.05) is 6.92 Å². The van der Waals surface area contributed by atoms with Gasteiger partial charge in [0, 0.05) is 29.2 Å². The summed E-state index contributed by atoms with van der Waals surface area (Å²) in [6, 6.07) is 7.68. The topological polar surface area (TPSA) is 118 Å². The first kappa shape index (κ1) is 36.6. The summed E-state index contributed by atoms with van der Waals surface area (Å²) in [5, 5.41) is 16.6. The molecule has 0 aliphatic heterocycles. The van der Waals surface area contributed by atoms with Gasteiger partial charge in [-0.25, -0.2) is 14.4 Å². The number of anilines is 2. The van der Waals surface area contributed by atoms with Gasteiger partial charge in [-0.05, 0) is 56.0 Å². The first-order valence-corrected chi connectivity index (χ1v) is 16.9. The summed E-state index contributed by atoms with van der Waals surface area (Å²) in [5.41, 5.74) is 0.793. The van der Waals surface area contributed by atoms with E-state index in [4.69, 9.17) is 16.3 Å². The number of carbonyl (C=O) groups excluding carboxylic acids is 1. The standard InChI is InChI=1S/C36H44ClF2N5O4/c1-5-8-11-23(35(46)47)21-36(16-9-6-2,17-10-7-3)43-34(45)25-13-12-24(20-27(25)37)42-32-33-41-22-28(44(33)19-18-40-32)26-14-15-29(48-4)31(39)30(26)38/h12-15,18-20,22-23H,5-11,16-17,21H2,1-4H3,(H,40,42)(H,43,45)(H,46,47). The van der Waals surface area contributed by atoms with Gasteiger partial charge in [0.15, 0.2) is 23.0 Å². The lowest BCUT2D eigenvalue weighted by molar-refractivity contribution is -0.143. The highest BCUT2D eigenvalue weighted by atomic mass is 35.5. The van der Waals surface area contributed by atoms with Crippen molar-refractivity contribution in [2.24, 2.45) is 5.92 Å². The van der Waals surface area contributed by atoms with E-state index < -0.39 is 29.1 Å². The smallest absolute Gasteiger partial charge is 0.306 e. The van der Waals surface area contributed by atoms with Crippen LogP contribution >= 0.6 is 11.6 Å². The zero-order chi connectivity index (χ0) is 34.8. The normalized spacial score (nSPS) is 12.2. The summed E-state index contributed by atoms with van der Waals surface area (Å²) in [5.74, 6) is -3.77. The number of rotatable bonds is 18. The van der Waals surface area contributed by atoms with Crippen LogP contribution in [0.3, 0.4) is 0 Å². The molecule has 4 rings (SSSR count). The molecule has 4 aromatic rings. The number of carboxylic acid groups (broad SMARTS) is 1. The molecule has 1 atom stereocenters. The molecule has 0 spiro atoms. The number of methoxy groups -OCH3 is 1. The zero-order valence-corrected chi connectivity index (χ0v) is 28.7. The summed E-state index contributed by atoms with van der Waals surface area (Å²) in [7, 11) is 1.26. The van der Waals surface area contributed by atoms with Gasteiger partial charge in [-0.2, -0.15) is 4.39 Å². The van der Waals surface area contributed by atoms with Gasteiger partial charge in [0.2, 0.25) is 5.82 Å². The van der Waals surface area contributed by atoms with E-state index in [0.29, 0.717) is 48.5 Å². The zero-order valence-electron chi connectivity index (χ0n) is 27.9. The van der Waals surface area contributed by atoms with E-state index in [9.17, 15) is 23.5 Å². The highest BCUT2D eigenvalue weighted by Crippen LogP contribution is 2.34. The van der Waals surface area contributed by atoms with Crippen molar-refractivity contribution >= 4 is 40.6 Å². The fourth-order valence-corrected chi connectivity index (χ4v) is 6.35. The van der Waals surface area contributed by atoms with Crippen LogP contribution in [0, 0.1) is 17.6 Å².